The van der Waals surface area contributed by atoms with E-state index in [1.807, 2.05) is 11.5 Å². The van der Waals surface area contributed by atoms with Crippen LogP contribution in [0.3, 0.4) is 0 Å². The number of piperazine rings is 1. The molecule has 0 bridgehead atoms. The quantitative estimate of drug-likeness (QED) is 0.601. The highest BCUT2D eigenvalue weighted by Crippen LogP contribution is 2.30. The zero-order chi connectivity index (χ0) is 22.0. The molecule has 1 aromatic carbocycles. The smallest absolute Gasteiger partial charge is 0.278 e. The largest absolute Gasteiger partial charge is 0.497 e. The van der Waals surface area contributed by atoms with Crippen molar-refractivity contribution in [3.05, 3.63) is 52.1 Å². The van der Waals surface area contributed by atoms with E-state index in [2.05, 4.69) is 21.3 Å². The molecule has 9 nitrogen and oxygen atoms in total. The van der Waals surface area contributed by atoms with Crippen molar-refractivity contribution in [1.29, 1.82) is 5.26 Å². The maximum atomic E-state index is 13.3. The summed E-state index contributed by atoms with van der Waals surface area (Å²) in [7, 11) is 1.54. The van der Waals surface area contributed by atoms with Gasteiger partial charge in [0.15, 0.2) is 5.78 Å². The highest BCUT2D eigenvalue weighted by atomic mass is 16.5. The van der Waals surface area contributed by atoms with Gasteiger partial charge in [0.1, 0.15) is 34.2 Å². The molecule has 1 aliphatic heterocycles. The number of ketones is 1. The Morgan fingerprint density at radius 3 is 2.77 bits per heavy atom. The Morgan fingerprint density at radius 1 is 1.32 bits per heavy atom. The van der Waals surface area contributed by atoms with Gasteiger partial charge in [0, 0.05) is 38.3 Å². The molecule has 0 atom stereocenters. The van der Waals surface area contributed by atoms with Gasteiger partial charge in [-0.1, -0.05) is 12.1 Å². The minimum Gasteiger partial charge on any atom is -0.497 e. The molecule has 1 saturated heterocycles. The van der Waals surface area contributed by atoms with Crippen molar-refractivity contribution in [2.75, 3.05) is 38.2 Å². The van der Waals surface area contributed by atoms with Crippen LogP contribution in [-0.4, -0.2) is 53.2 Å². The van der Waals surface area contributed by atoms with Gasteiger partial charge in [-0.3, -0.25) is 14.2 Å². The maximum Gasteiger partial charge on any atom is 0.278 e. The zero-order valence-electron chi connectivity index (χ0n) is 17.6. The number of fused-ring (bicyclic) bond motifs is 1. The molecule has 0 saturated carbocycles. The van der Waals surface area contributed by atoms with Crippen molar-refractivity contribution < 1.29 is 9.53 Å². The van der Waals surface area contributed by atoms with Crippen LogP contribution in [0, 0.1) is 11.3 Å². The first-order chi connectivity index (χ1) is 15.1. The average Bonchev–Trinajstić information content (AvgIpc) is 3.15. The van der Waals surface area contributed by atoms with E-state index >= 15 is 0 Å². The molecule has 0 amide bonds. The molecule has 0 unspecified atom stereocenters. The van der Waals surface area contributed by atoms with E-state index in [9.17, 15) is 14.9 Å². The molecule has 2 aromatic heterocycles. The van der Waals surface area contributed by atoms with E-state index in [1.165, 1.54) is 18.0 Å². The molecule has 160 valence electrons. The molecule has 1 N–H and O–H groups in total. The topological polar surface area (TPSA) is 105 Å². The van der Waals surface area contributed by atoms with E-state index in [0.717, 1.165) is 32.0 Å². The molecule has 0 aliphatic carbocycles. The van der Waals surface area contributed by atoms with Gasteiger partial charge in [-0.2, -0.15) is 5.26 Å². The van der Waals surface area contributed by atoms with Crippen LogP contribution in [0.2, 0.25) is 0 Å². The third kappa shape index (κ3) is 3.66. The third-order valence-corrected chi connectivity index (χ3v) is 5.55. The van der Waals surface area contributed by atoms with Crippen LogP contribution in [0.4, 0.5) is 5.82 Å². The van der Waals surface area contributed by atoms with Crippen LogP contribution in [0.25, 0.3) is 11.0 Å². The number of rotatable bonds is 6. The summed E-state index contributed by atoms with van der Waals surface area (Å²) in [5.74, 6) is 1.08. The van der Waals surface area contributed by atoms with Gasteiger partial charge >= 0.3 is 0 Å². The number of carbonyl (C=O) groups is 1. The monoisotopic (exact) mass is 420 g/mol. The molecule has 3 heterocycles. The van der Waals surface area contributed by atoms with E-state index in [0.29, 0.717) is 34.5 Å². The summed E-state index contributed by atoms with van der Waals surface area (Å²) >= 11 is 0. The van der Waals surface area contributed by atoms with Crippen LogP contribution >= 0.6 is 0 Å². The Bertz CT molecular complexity index is 1230. The number of hydrogen-bond donors (Lipinski definition) is 1. The normalized spacial score (nSPS) is 13.9. The number of benzene rings is 1. The van der Waals surface area contributed by atoms with Crippen LogP contribution < -0.4 is 20.5 Å². The summed E-state index contributed by atoms with van der Waals surface area (Å²) in [6, 6.07) is 9.06. The van der Waals surface area contributed by atoms with E-state index in [1.54, 1.807) is 24.3 Å². The van der Waals surface area contributed by atoms with Crippen molar-refractivity contribution >= 4 is 22.6 Å². The fourth-order valence-electron chi connectivity index (χ4n) is 4.02. The number of nitrogens with zero attached hydrogens (tertiary/aromatic N) is 5. The molecule has 4 rings (SSSR count). The van der Waals surface area contributed by atoms with Crippen molar-refractivity contribution in [2.45, 2.75) is 20.0 Å². The molecule has 3 aromatic rings. The number of methoxy groups -OCH3 is 1. The van der Waals surface area contributed by atoms with Gasteiger partial charge < -0.3 is 19.5 Å². The number of nitriles is 1. The number of carbonyl (C=O) groups excluding carboxylic acids is 1. The predicted octanol–water partition coefficient (Wildman–Crippen LogP) is 1.39. The van der Waals surface area contributed by atoms with Gasteiger partial charge in [-0.05, 0) is 19.1 Å². The summed E-state index contributed by atoms with van der Waals surface area (Å²) in [4.78, 5) is 32.7. The predicted molar refractivity (Wildman–Crippen MR) is 117 cm³/mol. The number of ether oxygens (including phenoxy) is 1. The second kappa shape index (κ2) is 8.62. The molecule has 0 spiro atoms. The summed E-state index contributed by atoms with van der Waals surface area (Å²) in [5.41, 5.74) is 1.26. The lowest BCUT2D eigenvalue weighted by atomic mass is 10.1. The number of aryl methyl sites for hydroxylation is 1. The van der Waals surface area contributed by atoms with Gasteiger partial charge in [-0.25, -0.2) is 4.98 Å². The fourth-order valence-corrected chi connectivity index (χ4v) is 4.02. The number of hydrogen-bond acceptors (Lipinski definition) is 7. The van der Waals surface area contributed by atoms with Crippen LogP contribution in [0.5, 0.6) is 5.75 Å². The molecule has 9 heteroatoms. The Labute approximate surface area is 179 Å². The standard InChI is InChI=1S/C22H24N6O3/c1-3-28-20-19(17(12-23)21(28)26-9-7-24-8-10-26)25-14-27(22(20)30)13-18(29)15-5-4-6-16(11-15)31-2/h4-6,11,14,24H,3,7-10,13H2,1-2H3. The molecule has 0 radical (unpaired) electrons. The number of aromatic nitrogens is 3. The van der Waals surface area contributed by atoms with Crippen molar-refractivity contribution in [3.8, 4) is 11.8 Å². The van der Waals surface area contributed by atoms with Crippen molar-refractivity contribution in [1.82, 2.24) is 19.4 Å². The van der Waals surface area contributed by atoms with Crippen molar-refractivity contribution in [2.24, 2.45) is 0 Å². The van der Waals surface area contributed by atoms with Crippen LogP contribution in [-0.2, 0) is 13.1 Å². The highest BCUT2D eigenvalue weighted by Gasteiger charge is 2.26. The minimum absolute atomic E-state index is 0.144. The maximum absolute atomic E-state index is 13.3. The SMILES string of the molecule is CCn1c(N2CCNCC2)c(C#N)c2ncn(CC(=O)c3cccc(OC)c3)c(=O)c21. The first kappa shape index (κ1) is 20.6. The molecular formula is C22H24N6O3. The third-order valence-electron chi connectivity index (χ3n) is 5.55. The number of anilines is 1. The zero-order valence-corrected chi connectivity index (χ0v) is 17.6. The van der Waals surface area contributed by atoms with E-state index in [-0.39, 0.29) is 17.9 Å². The second-order valence-electron chi connectivity index (χ2n) is 7.32. The van der Waals surface area contributed by atoms with Crippen LogP contribution in [0.15, 0.2) is 35.4 Å². The summed E-state index contributed by atoms with van der Waals surface area (Å²) in [5, 5.41) is 13.1. The summed E-state index contributed by atoms with van der Waals surface area (Å²) in [6.07, 6.45) is 1.35. The first-order valence-corrected chi connectivity index (χ1v) is 10.2. The van der Waals surface area contributed by atoms with Gasteiger partial charge in [-0.15, -0.1) is 0 Å². The van der Waals surface area contributed by atoms with Gasteiger partial charge in [0.05, 0.1) is 20.0 Å². The number of Topliss-reactive ketones (excluding diaryl/α,β-unsaturated/α-hetero) is 1. The Kier molecular flexibility index (Phi) is 5.73. The lowest BCUT2D eigenvalue weighted by Gasteiger charge is -2.30. The first-order valence-electron chi connectivity index (χ1n) is 10.2. The Balaban J connectivity index is 1.79. The molecular weight excluding hydrogens is 396 g/mol. The lowest BCUT2D eigenvalue weighted by Crippen LogP contribution is -2.44. The Hall–Kier alpha value is -3.64. The van der Waals surface area contributed by atoms with Crippen molar-refractivity contribution in [3.63, 3.8) is 0 Å². The summed E-state index contributed by atoms with van der Waals surface area (Å²) < 4.78 is 8.33. The highest BCUT2D eigenvalue weighted by molar-refractivity contribution is 5.96. The summed E-state index contributed by atoms with van der Waals surface area (Å²) in [6.45, 7) is 5.41. The Morgan fingerprint density at radius 2 is 2.10 bits per heavy atom. The van der Waals surface area contributed by atoms with E-state index < -0.39 is 0 Å². The fraction of sp³-hybridized carbons (Fsp3) is 0.364. The minimum atomic E-state index is -0.332. The second-order valence-corrected chi connectivity index (χ2v) is 7.32. The van der Waals surface area contributed by atoms with E-state index in [4.69, 9.17) is 4.74 Å². The lowest BCUT2D eigenvalue weighted by molar-refractivity contribution is 0.0970. The number of nitrogens with one attached hydrogen (secondary N) is 1. The molecule has 31 heavy (non-hydrogen) atoms. The molecule has 1 aliphatic rings. The molecule has 1 fully saturated rings. The average molecular weight is 420 g/mol. The van der Waals surface area contributed by atoms with Gasteiger partial charge in [0.25, 0.3) is 5.56 Å². The van der Waals surface area contributed by atoms with Gasteiger partial charge in [0.2, 0.25) is 0 Å². The van der Waals surface area contributed by atoms with Crippen LogP contribution in [0.1, 0.15) is 22.8 Å².